The van der Waals surface area contributed by atoms with Crippen LogP contribution in [0.3, 0.4) is 0 Å². The third kappa shape index (κ3) is 4.17. The summed E-state index contributed by atoms with van der Waals surface area (Å²) in [4.78, 5) is 42.2. The Bertz CT molecular complexity index is 1210. The molecule has 8 heteroatoms. The Kier molecular flexibility index (Phi) is 6.70. The second-order valence-electron chi connectivity index (χ2n) is 10.6. The van der Waals surface area contributed by atoms with Gasteiger partial charge in [-0.3, -0.25) is 19.7 Å². The second-order valence-corrected chi connectivity index (χ2v) is 10.6. The standard InChI is InChI=1S/C29H34N2O6/c1-3-17-9-12-20(13-10-17)31-26(33)23-24(27(31)34)29(28(35)36,16-18-7-5-4-6-8-18)30-25(23)19-11-14-21(32)22(15-19)37-2/h9-15,18,23-25,30,32H,3-8,16H2,1-2H3,(H,35,36). The van der Waals surface area contributed by atoms with Gasteiger partial charge in [-0.25, -0.2) is 4.90 Å². The van der Waals surface area contributed by atoms with E-state index in [-0.39, 0.29) is 23.8 Å². The van der Waals surface area contributed by atoms with Crippen LogP contribution in [-0.4, -0.2) is 40.6 Å². The molecule has 4 unspecified atom stereocenters. The van der Waals surface area contributed by atoms with Gasteiger partial charge in [0.05, 0.1) is 24.6 Å². The van der Waals surface area contributed by atoms with Crippen molar-refractivity contribution in [1.82, 2.24) is 5.32 Å². The van der Waals surface area contributed by atoms with Gasteiger partial charge >= 0.3 is 5.97 Å². The number of carbonyl (C=O) groups excluding carboxylic acids is 2. The maximum Gasteiger partial charge on any atom is 0.324 e. The number of anilines is 1. The first-order chi connectivity index (χ1) is 17.8. The maximum atomic E-state index is 14.0. The highest BCUT2D eigenvalue weighted by molar-refractivity contribution is 6.24. The van der Waals surface area contributed by atoms with Gasteiger partial charge < -0.3 is 14.9 Å². The van der Waals surface area contributed by atoms with Gasteiger partial charge in [-0.2, -0.15) is 0 Å². The normalized spacial score (nSPS) is 27.9. The first-order valence-electron chi connectivity index (χ1n) is 13.2. The van der Waals surface area contributed by atoms with Crippen LogP contribution in [-0.2, 0) is 20.8 Å². The number of nitrogens with zero attached hydrogens (tertiary/aromatic N) is 1. The van der Waals surface area contributed by atoms with E-state index in [1.54, 1.807) is 24.3 Å². The highest BCUT2D eigenvalue weighted by atomic mass is 16.5. The van der Waals surface area contributed by atoms with E-state index in [9.17, 15) is 24.6 Å². The Balaban J connectivity index is 1.61. The van der Waals surface area contributed by atoms with Crippen LogP contribution in [0.1, 0.15) is 62.6 Å². The fraction of sp³-hybridized carbons (Fsp3) is 0.483. The van der Waals surface area contributed by atoms with E-state index in [1.807, 2.05) is 19.1 Å². The van der Waals surface area contributed by atoms with Crippen LogP contribution in [0.15, 0.2) is 42.5 Å². The lowest BCUT2D eigenvalue weighted by molar-refractivity contribution is -0.150. The van der Waals surface area contributed by atoms with Crippen molar-refractivity contribution in [3.05, 3.63) is 53.6 Å². The van der Waals surface area contributed by atoms with Crippen LogP contribution in [0.2, 0.25) is 0 Å². The number of aryl methyl sites for hydroxylation is 1. The van der Waals surface area contributed by atoms with Gasteiger partial charge in [-0.15, -0.1) is 0 Å². The molecular weight excluding hydrogens is 472 g/mol. The van der Waals surface area contributed by atoms with Crippen LogP contribution in [0.4, 0.5) is 5.69 Å². The fourth-order valence-electron chi connectivity index (χ4n) is 6.63. The number of fused-ring (bicyclic) bond motifs is 1. The Morgan fingerprint density at radius 1 is 1.08 bits per heavy atom. The number of carboxylic acids is 1. The summed E-state index contributed by atoms with van der Waals surface area (Å²) in [6, 6.07) is 11.3. The van der Waals surface area contributed by atoms with Crippen molar-refractivity contribution >= 4 is 23.5 Å². The number of phenolic OH excluding ortho intramolecular Hbond substituents is 1. The van der Waals surface area contributed by atoms with Crippen molar-refractivity contribution in [2.75, 3.05) is 12.0 Å². The molecule has 8 nitrogen and oxygen atoms in total. The van der Waals surface area contributed by atoms with E-state index in [2.05, 4.69) is 5.32 Å². The summed E-state index contributed by atoms with van der Waals surface area (Å²) >= 11 is 0. The monoisotopic (exact) mass is 506 g/mol. The van der Waals surface area contributed by atoms with Crippen molar-refractivity contribution in [3.8, 4) is 11.5 Å². The number of phenols is 1. The molecule has 4 atom stereocenters. The molecule has 0 spiro atoms. The topological polar surface area (TPSA) is 116 Å². The molecule has 2 aliphatic heterocycles. The second kappa shape index (κ2) is 9.82. The number of hydrogen-bond donors (Lipinski definition) is 3. The van der Waals surface area contributed by atoms with Gasteiger partial charge in [0.2, 0.25) is 11.8 Å². The predicted octanol–water partition coefficient (Wildman–Crippen LogP) is 4.21. The number of ether oxygens (including phenoxy) is 1. The van der Waals surface area contributed by atoms with Crippen molar-refractivity contribution in [2.24, 2.45) is 17.8 Å². The minimum Gasteiger partial charge on any atom is -0.504 e. The molecule has 1 aliphatic carbocycles. The summed E-state index contributed by atoms with van der Waals surface area (Å²) in [5.41, 5.74) is 0.560. The molecule has 2 aromatic rings. The predicted molar refractivity (Wildman–Crippen MR) is 137 cm³/mol. The third-order valence-corrected chi connectivity index (χ3v) is 8.54. The molecule has 2 aromatic carbocycles. The first-order valence-corrected chi connectivity index (χ1v) is 13.2. The van der Waals surface area contributed by atoms with Crippen molar-refractivity contribution in [1.29, 1.82) is 0 Å². The van der Waals surface area contributed by atoms with Crippen LogP contribution in [0.25, 0.3) is 0 Å². The number of aliphatic carboxylic acids is 1. The molecule has 3 N–H and O–H groups in total. The third-order valence-electron chi connectivity index (χ3n) is 8.54. The van der Waals surface area contributed by atoms with E-state index >= 15 is 0 Å². The number of hydrogen-bond acceptors (Lipinski definition) is 6. The number of imide groups is 1. The Labute approximate surface area is 216 Å². The number of amides is 2. The van der Waals surface area contributed by atoms with Crippen molar-refractivity contribution in [3.63, 3.8) is 0 Å². The zero-order valence-electron chi connectivity index (χ0n) is 21.3. The van der Waals surface area contributed by atoms with E-state index in [0.29, 0.717) is 11.3 Å². The van der Waals surface area contributed by atoms with Gasteiger partial charge in [0.1, 0.15) is 5.54 Å². The summed E-state index contributed by atoms with van der Waals surface area (Å²) < 4.78 is 5.28. The molecule has 3 fully saturated rings. The number of benzene rings is 2. The van der Waals surface area contributed by atoms with Crippen LogP contribution in [0, 0.1) is 17.8 Å². The summed E-state index contributed by atoms with van der Waals surface area (Å²) in [7, 11) is 1.43. The van der Waals surface area contributed by atoms with Gasteiger partial charge in [-0.1, -0.05) is 57.2 Å². The number of aromatic hydroxyl groups is 1. The average Bonchev–Trinajstić information content (AvgIpc) is 3.39. The highest BCUT2D eigenvalue weighted by Gasteiger charge is 2.68. The van der Waals surface area contributed by atoms with Crippen molar-refractivity contribution in [2.45, 2.75) is 63.5 Å². The SMILES string of the molecule is CCc1ccc(N2C(=O)C3C(c4ccc(O)c(OC)c4)NC(CC4CCCCC4)(C(=O)O)C3C2=O)cc1. The number of nitrogens with one attached hydrogen (secondary N) is 1. The lowest BCUT2D eigenvalue weighted by Crippen LogP contribution is -2.57. The van der Waals surface area contributed by atoms with Crippen LogP contribution in [0.5, 0.6) is 11.5 Å². The number of carboxylic acid groups (broad SMARTS) is 1. The van der Waals surface area contributed by atoms with Crippen molar-refractivity contribution < 1.29 is 29.3 Å². The van der Waals surface area contributed by atoms with Crippen LogP contribution >= 0.6 is 0 Å². The van der Waals surface area contributed by atoms with E-state index in [1.165, 1.54) is 18.1 Å². The lowest BCUT2D eigenvalue weighted by atomic mass is 9.72. The Morgan fingerprint density at radius 2 is 1.78 bits per heavy atom. The molecular formula is C29H34N2O6. The largest absolute Gasteiger partial charge is 0.504 e. The smallest absolute Gasteiger partial charge is 0.324 e. The van der Waals surface area contributed by atoms with E-state index < -0.39 is 41.2 Å². The van der Waals surface area contributed by atoms with E-state index in [0.717, 1.165) is 44.1 Å². The van der Waals surface area contributed by atoms with Gasteiger partial charge in [0, 0.05) is 6.04 Å². The number of carbonyl (C=O) groups is 3. The molecule has 0 aromatic heterocycles. The summed E-state index contributed by atoms with van der Waals surface area (Å²) in [5.74, 6) is -3.60. The number of methoxy groups -OCH3 is 1. The minimum absolute atomic E-state index is 0.0565. The molecule has 0 bridgehead atoms. The van der Waals surface area contributed by atoms with Gasteiger partial charge in [-0.05, 0) is 54.2 Å². The van der Waals surface area contributed by atoms with Crippen LogP contribution < -0.4 is 15.0 Å². The molecule has 196 valence electrons. The van der Waals surface area contributed by atoms with E-state index in [4.69, 9.17) is 4.74 Å². The molecule has 2 heterocycles. The molecule has 1 saturated carbocycles. The summed E-state index contributed by atoms with van der Waals surface area (Å²) in [6.45, 7) is 2.03. The average molecular weight is 507 g/mol. The number of rotatable bonds is 7. The summed E-state index contributed by atoms with van der Waals surface area (Å²) in [5, 5.41) is 24.1. The zero-order valence-corrected chi connectivity index (χ0v) is 21.3. The Hall–Kier alpha value is -3.39. The quantitative estimate of drug-likeness (QED) is 0.482. The first kappa shape index (κ1) is 25.3. The zero-order chi connectivity index (χ0) is 26.3. The molecule has 37 heavy (non-hydrogen) atoms. The Morgan fingerprint density at radius 3 is 2.41 bits per heavy atom. The molecule has 5 rings (SSSR count). The molecule has 2 amide bonds. The highest BCUT2D eigenvalue weighted by Crippen LogP contribution is 2.53. The lowest BCUT2D eigenvalue weighted by Gasteiger charge is -2.35. The molecule has 0 radical (unpaired) electrons. The summed E-state index contributed by atoms with van der Waals surface area (Å²) in [6.07, 6.45) is 6.14. The maximum absolute atomic E-state index is 14.0. The minimum atomic E-state index is -1.58. The fourth-order valence-corrected chi connectivity index (χ4v) is 6.63. The molecule has 2 saturated heterocycles. The van der Waals surface area contributed by atoms with Gasteiger partial charge in [0.25, 0.3) is 0 Å². The molecule has 3 aliphatic rings. The van der Waals surface area contributed by atoms with Gasteiger partial charge in [0.15, 0.2) is 11.5 Å².